The Bertz CT molecular complexity index is 1370. The molecular weight excluding hydrogens is 479 g/mol. The second-order valence-electron chi connectivity index (χ2n) is 9.03. The van der Waals surface area contributed by atoms with Crippen LogP contribution in [-0.2, 0) is 11.3 Å². The molecule has 0 N–H and O–H groups in total. The van der Waals surface area contributed by atoms with E-state index in [4.69, 9.17) is 28.2 Å². The highest BCUT2D eigenvalue weighted by molar-refractivity contribution is 6.31. The molecule has 0 saturated carbocycles. The number of imidazole rings is 1. The van der Waals surface area contributed by atoms with E-state index in [1.165, 1.54) is 0 Å². The third-order valence-electron chi connectivity index (χ3n) is 6.74. The molecule has 5 rings (SSSR count). The molecule has 2 aromatic carbocycles. The Kier molecular flexibility index (Phi) is 6.83. The molecular formula is C28H28Cl2N4O. The fourth-order valence-electron chi connectivity index (χ4n) is 4.78. The van der Waals surface area contributed by atoms with Gasteiger partial charge >= 0.3 is 0 Å². The first-order valence-electron chi connectivity index (χ1n) is 12.0. The monoisotopic (exact) mass is 506 g/mol. The summed E-state index contributed by atoms with van der Waals surface area (Å²) in [6.45, 7) is 7.95. The van der Waals surface area contributed by atoms with Crippen molar-refractivity contribution in [3.63, 3.8) is 0 Å². The van der Waals surface area contributed by atoms with Crippen LogP contribution in [0.15, 0.2) is 60.8 Å². The molecule has 0 spiro atoms. The first-order valence-corrected chi connectivity index (χ1v) is 12.7. The molecule has 1 saturated heterocycles. The van der Waals surface area contributed by atoms with Crippen molar-refractivity contribution in [2.75, 3.05) is 26.2 Å². The van der Waals surface area contributed by atoms with Gasteiger partial charge in [0.25, 0.3) is 0 Å². The van der Waals surface area contributed by atoms with Gasteiger partial charge in [0.1, 0.15) is 5.65 Å². The number of aryl methyl sites for hydroxylation is 1. The molecule has 3 heterocycles. The molecule has 0 radical (unpaired) electrons. The van der Waals surface area contributed by atoms with Crippen LogP contribution >= 0.6 is 23.2 Å². The van der Waals surface area contributed by atoms with Gasteiger partial charge in [0.2, 0.25) is 5.91 Å². The summed E-state index contributed by atoms with van der Waals surface area (Å²) in [6.07, 6.45) is 2.73. The lowest BCUT2D eigenvalue weighted by Gasteiger charge is -2.34. The van der Waals surface area contributed by atoms with Crippen molar-refractivity contribution in [2.24, 2.45) is 0 Å². The molecule has 1 aliphatic rings. The lowest BCUT2D eigenvalue weighted by Crippen LogP contribution is -2.48. The first-order chi connectivity index (χ1) is 16.9. The molecule has 0 bridgehead atoms. The van der Waals surface area contributed by atoms with E-state index in [2.05, 4.69) is 40.6 Å². The van der Waals surface area contributed by atoms with Crippen molar-refractivity contribution in [3.8, 4) is 22.4 Å². The number of piperazine rings is 1. The van der Waals surface area contributed by atoms with Crippen LogP contribution in [0.2, 0.25) is 10.0 Å². The number of halogens is 2. The average Bonchev–Trinajstić information content (AvgIpc) is 3.22. The largest absolute Gasteiger partial charge is 0.340 e. The summed E-state index contributed by atoms with van der Waals surface area (Å²) >= 11 is 12.4. The van der Waals surface area contributed by atoms with E-state index in [-0.39, 0.29) is 5.91 Å². The number of aromatic nitrogens is 2. The second kappa shape index (κ2) is 10.0. The van der Waals surface area contributed by atoms with E-state index in [1.54, 1.807) is 0 Å². The molecule has 180 valence electrons. The molecule has 1 amide bonds. The predicted molar refractivity (Wildman–Crippen MR) is 143 cm³/mol. The minimum atomic E-state index is 0.226. The lowest BCUT2D eigenvalue weighted by atomic mass is 10.0. The number of benzene rings is 2. The summed E-state index contributed by atoms with van der Waals surface area (Å²) < 4.78 is 2.21. The van der Waals surface area contributed by atoms with Crippen molar-refractivity contribution in [1.29, 1.82) is 0 Å². The van der Waals surface area contributed by atoms with Gasteiger partial charge in [0.05, 0.1) is 11.4 Å². The summed E-state index contributed by atoms with van der Waals surface area (Å²) in [6, 6.07) is 18.0. The molecule has 2 aromatic heterocycles. The van der Waals surface area contributed by atoms with Crippen LogP contribution in [0.1, 0.15) is 24.6 Å². The maximum absolute atomic E-state index is 12.1. The minimum Gasteiger partial charge on any atom is -0.340 e. The van der Waals surface area contributed by atoms with Gasteiger partial charge in [-0.2, -0.15) is 0 Å². The zero-order valence-corrected chi connectivity index (χ0v) is 21.5. The summed E-state index contributed by atoms with van der Waals surface area (Å²) in [5.41, 5.74) is 7.43. The number of nitrogens with zero attached hydrogens (tertiary/aromatic N) is 4. The molecule has 1 fully saturated rings. The summed E-state index contributed by atoms with van der Waals surface area (Å²) in [5.74, 6) is 0.226. The lowest BCUT2D eigenvalue weighted by molar-refractivity contribution is -0.132. The number of pyridine rings is 1. The highest BCUT2D eigenvalue weighted by Crippen LogP contribution is 2.31. The van der Waals surface area contributed by atoms with E-state index >= 15 is 0 Å². The minimum absolute atomic E-state index is 0.226. The van der Waals surface area contributed by atoms with Crippen LogP contribution in [0, 0.1) is 6.92 Å². The standard InChI is InChI=1S/C28H28Cl2N4O/c1-3-27(35)33-14-12-32(13-15-33)18-25-28(20-4-7-22(29)8-5-20)31-26-11-6-21(17-34(25)26)24-10-9-23(30)16-19(24)2/h4-11,16-17H,3,12-15,18H2,1-2H3. The van der Waals surface area contributed by atoms with Crippen LogP contribution in [0.25, 0.3) is 28.0 Å². The average molecular weight is 507 g/mol. The van der Waals surface area contributed by atoms with Crippen molar-refractivity contribution in [2.45, 2.75) is 26.8 Å². The Hall–Kier alpha value is -2.86. The van der Waals surface area contributed by atoms with E-state index in [0.717, 1.165) is 77.0 Å². The molecule has 35 heavy (non-hydrogen) atoms. The molecule has 0 unspecified atom stereocenters. The number of carbonyl (C=O) groups is 1. The number of carbonyl (C=O) groups excluding carboxylic acids is 1. The van der Waals surface area contributed by atoms with Gasteiger partial charge in [-0.05, 0) is 60.0 Å². The van der Waals surface area contributed by atoms with Gasteiger partial charge in [-0.3, -0.25) is 9.69 Å². The Labute approximate surface area is 215 Å². The normalized spacial score (nSPS) is 14.6. The van der Waals surface area contributed by atoms with Crippen LogP contribution < -0.4 is 0 Å². The maximum atomic E-state index is 12.1. The van der Waals surface area contributed by atoms with Crippen LogP contribution in [0.4, 0.5) is 0 Å². The number of fused-ring (bicyclic) bond motifs is 1. The van der Waals surface area contributed by atoms with Gasteiger partial charge in [0, 0.05) is 61.0 Å². The van der Waals surface area contributed by atoms with Crippen LogP contribution in [0.5, 0.6) is 0 Å². The number of hydrogen-bond acceptors (Lipinski definition) is 3. The third kappa shape index (κ3) is 4.94. The van der Waals surface area contributed by atoms with E-state index in [9.17, 15) is 4.79 Å². The molecule has 0 aliphatic carbocycles. The van der Waals surface area contributed by atoms with Gasteiger partial charge in [-0.25, -0.2) is 4.98 Å². The van der Waals surface area contributed by atoms with Crippen molar-refractivity contribution in [1.82, 2.24) is 19.2 Å². The number of rotatable bonds is 5. The van der Waals surface area contributed by atoms with Crippen LogP contribution in [-0.4, -0.2) is 51.3 Å². The van der Waals surface area contributed by atoms with Gasteiger partial charge in [-0.1, -0.05) is 48.3 Å². The highest BCUT2D eigenvalue weighted by Gasteiger charge is 2.23. The van der Waals surface area contributed by atoms with E-state index in [1.807, 2.05) is 48.2 Å². The second-order valence-corrected chi connectivity index (χ2v) is 9.90. The van der Waals surface area contributed by atoms with E-state index < -0.39 is 0 Å². The van der Waals surface area contributed by atoms with Crippen molar-refractivity contribution in [3.05, 3.63) is 82.1 Å². The van der Waals surface area contributed by atoms with Crippen molar-refractivity contribution < 1.29 is 4.79 Å². The molecule has 7 heteroatoms. The maximum Gasteiger partial charge on any atom is 0.222 e. The number of amides is 1. The molecule has 0 atom stereocenters. The third-order valence-corrected chi connectivity index (χ3v) is 7.22. The van der Waals surface area contributed by atoms with Gasteiger partial charge < -0.3 is 9.30 Å². The molecule has 4 aromatic rings. The summed E-state index contributed by atoms with van der Waals surface area (Å²) in [4.78, 5) is 21.5. The van der Waals surface area contributed by atoms with E-state index in [0.29, 0.717) is 11.4 Å². The Morgan fingerprint density at radius 3 is 2.29 bits per heavy atom. The topological polar surface area (TPSA) is 40.9 Å². The quantitative estimate of drug-likeness (QED) is 0.317. The SMILES string of the molecule is CCC(=O)N1CCN(Cc2c(-c3ccc(Cl)cc3)nc3ccc(-c4ccc(Cl)cc4C)cn23)CC1. The fourth-order valence-corrected chi connectivity index (χ4v) is 5.14. The molecule has 1 aliphatic heterocycles. The zero-order chi connectivity index (χ0) is 24.5. The number of hydrogen-bond donors (Lipinski definition) is 0. The fraction of sp³-hybridized carbons (Fsp3) is 0.286. The summed E-state index contributed by atoms with van der Waals surface area (Å²) in [7, 11) is 0. The summed E-state index contributed by atoms with van der Waals surface area (Å²) in [5, 5.41) is 1.44. The zero-order valence-electron chi connectivity index (χ0n) is 20.0. The van der Waals surface area contributed by atoms with Gasteiger partial charge in [0.15, 0.2) is 0 Å². The Balaban J connectivity index is 1.55. The molecule has 5 nitrogen and oxygen atoms in total. The first kappa shape index (κ1) is 23.9. The smallest absolute Gasteiger partial charge is 0.222 e. The van der Waals surface area contributed by atoms with Crippen LogP contribution in [0.3, 0.4) is 0 Å². The van der Waals surface area contributed by atoms with Gasteiger partial charge in [-0.15, -0.1) is 0 Å². The predicted octanol–water partition coefficient (Wildman–Crippen LogP) is 6.34. The van der Waals surface area contributed by atoms with Crippen molar-refractivity contribution >= 4 is 34.8 Å². The highest BCUT2D eigenvalue weighted by atomic mass is 35.5. The Morgan fingerprint density at radius 1 is 0.914 bits per heavy atom. The Morgan fingerprint density at radius 2 is 1.60 bits per heavy atom.